The van der Waals surface area contributed by atoms with Gasteiger partial charge in [-0.2, -0.15) is 0 Å². The maximum atomic E-state index is 9.48. The third-order valence-electron chi connectivity index (χ3n) is 2.88. The van der Waals surface area contributed by atoms with Gasteiger partial charge in [0.05, 0.1) is 26.4 Å². The molecular formula is C9H14O5. The average Bonchev–Trinajstić information content (AvgIpc) is 2.81. The first-order valence-corrected chi connectivity index (χ1v) is 4.99. The smallest absolute Gasteiger partial charge is 0.115 e. The fourth-order valence-corrected chi connectivity index (χ4v) is 1.98. The van der Waals surface area contributed by atoms with Gasteiger partial charge in [-0.05, 0) is 0 Å². The number of aliphatic hydroxyl groups is 1. The second-order valence-corrected chi connectivity index (χ2v) is 3.99. The Morgan fingerprint density at radius 1 is 1.07 bits per heavy atom. The minimum Gasteiger partial charge on any atom is -0.388 e. The summed E-state index contributed by atoms with van der Waals surface area (Å²) in [5.74, 6) is 0. The molecular weight excluding hydrogens is 188 g/mol. The van der Waals surface area contributed by atoms with Crippen molar-refractivity contribution in [2.24, 2.45) is 0 Å². The van der Waals surface area contributed by atoms with E-state index in [4.69, 9.17) is 18.9 Å². The summed E-state index contributed by atoms with van der Waals surface area (Å²) in [5, 5.41) is 9.48. The first kappa shape index (κ1) is 9.06. The summed E-state index contributed by atoms with van der Waals surface area (Å²) in [6.45, 7) is 2.27. The van der Waals surface area contributed by atoms with Gasteiger partial charge in [0.2, 0.25) is 0 Å². The predicted molar refractivity (Wildman–Crippen MR) is 45.0 cm³/mol. The number of hydrogen-bond donors (Lipinski definition) is 1. The van der Waals surface area contributed by atoms with Crippen LogP contribution in [-0.4, -0.2) is 62.1 Å². The van der Waals surface area contributed by atoms with E-state index in [1.807, 2.05) is 0 Å². The lowest BCUT2D eigenvalue weighted by molar-refractivity contribution is -0.0406. The SMILES string of the molecule is O[C@H]1CO[C@H]2[C@H]1OC[C@@H]2OC[C@@H]1CO1. The standard InChI is InChI=1S/C9H14O5/c10-6-3-13-9-7(4-14-8(6)9)12-2-5-1-11-5/h5-10H,1-4H2/t5-,6-,7-,8-,9+/m0/s1. The monoisotopic (exact) mass is 202 g/mol. The zero-order valence-corrected chi connectivity index (χ0v) is 7.80. The molecule has 0 aromatic rings. The van der Waals surface area contributed by atoms with Gasteiger partial charge in [-0.15, -0.1) is 0 Å². The van der Waals surface area contributed by atoms with E-state index in [1.165, 1.54) is 0 Å². The van der Waals surface area contributed by atoms with Gasteiger partial charge in [0.25, 0.3) is 0 Å². The highest BCUT2D eigenvalue weighted by Crippen LogP contribution is 2.29. The fraction of sp³-hybridized carbons (Fsp3) is 1.00. The van der Waals surface area contributed by atoms with Crippen LogP contribution in [0.3, 0.4) is 0 Å². The summed E-state index contributed by atoms with van der Waals surface area (Å²) in [6, 6.07) is 0. The topological polar surface area (TPSA) is 60.5 Å². The van der Waals surface area contributed by atoms with E-state index in [2.05, 4.69) is 0 Å². The molecule has 0 aliphatic carbocycles. The van der Waals surface area contributed by atoms with Crippen molar-refractivity contribution in [2.45, 2.75) is 30.5 Å². The Bertz CT molecular complexity index is 217. The van der Waals surface area contributed by atoms with Gasteiger partial charge >= 0.3 is 0 Å². The zero-order chi connectivity index (χ0) is 9.54. The van der Waals surface area contributed by atoms with Crippen molar-refractivity contribution in [3.05, 3.63) is 0 Å². The van der Waals surface area contributed by atoms with E-state index in [0.717, 1.165) is 6.61 Å². The number of fused-ring (bicyclic) bond motifs is 1. The van der Waals surface area contributed by atoms with Crippen LogP contribution in [0.5, 0.6) is 0 Å². The van der Waals surface area contributed by atoms with Crippen LogP contribution >= 0.6 is 0 Å². The van der Waals surface area contributed by atoms with Crippen LogP contribution in [-0.2, 0) is 18.9 Å². The summed E-state index contributed by atoms with van der Waals surface area (Å²) < 4.78 is 21.5. The van der Waals surface area contributed by atoms with E-state index in [1.54, 1.807) is 0 Å². The first-order valence-electron chi connectivity index (χ1n) is 4.99. The Morgan fingerprint density at radius 2 is 1.86 bits per heavy atom. The second kappa shape index (κ2) is 3.43. The maximum absolute atomic E-state index is 9.48. The van der Waals surface area contributed by atoms with Crippen molar-refractivity contribution >= 4 is 0 Å². The van der Waals surface area contributed by atoms with E-state index in [-0.39, 0.29) is 24.4 Å². The zero-order valence-electron chi connectivity index (χ0n) is 7.80. The Hall–Kier alpha value is -0.200. The molecule has 3 heterocycles. The Labute approximate surface area is 81.9 Å². The van der Waals surface area contributed by atoms with Crippen LogP contribution < -0.4 is 0 Å². The van der Waals surface area contributed by atoms with Gasteiger partial charge in [0.15, 0.2) is 0 Å². The van der Waals surface area contributed by atoms with Crippen LogP contribution in [0.1, 0.15) is 0 Å². The molecule has 0 aromatic carbocycles. The lowest BCUT2D eigenvalue weighted by atomic mass is 10.1. The predicted octanol–water partition coefficient (Wildman–Crippen LogP) is -1.07. The van der Waals surface area contributed by atoms with E-state index in [9.17, 15) is 5.11 Å². The van der Waals surface area contributed by atoms with Gasteiger partial charge in [-0.1, -0.05) is 0 Å². The first-order chi connectivity index (χ1) is 6.84. The molecule has 1 N–H and O–H groups in total. The molecule has 0 spiro atoms. The molecule has 0 aromatic heterocycles. The van der Waals surface area contributed by atoms with Gasteiger partial charge < -0.3 is 24.1 Å². The van der Waals surface area contributed by atoms with Crippen LogP contribution in [0.4, 0.5) is 0 Å². The van der Waals surface area contributed by atoms with Crippen molar-refractivity contribution in [1.82, 2.24) is 0 Å². The molecule has 3 fully saturated rings. The maximum Gasteiger partial charge on any atom is 0.115 e. The molecule has 0 unspecified atom stereocenters. The number of hydrogen-bond acceptors (Lipinski definition) is 5. The molecule has 0 amide bonds. The fourth-order valence-electron chi connectivity index (χ4n) is 1.98. The molecule has 0 bridgehead atoms. The molecule has 5 nitrogen and oxygen atoms in total. The molecule has 5 atom stereocenters. The van der Waals surface area contributed by atoms with Gasteiger partial charge in [0, 0.05) is 0 Å². The third kappa shape index (κ3) is 1.55. The summed E-state index contributed by atoms with van der Waals surface area (Å²) in [6.07, 6.45) is -0.559. The summed E-state index contributed by atoms with van der Waals surface area (Å²) >= 11 is 0. The molecule has 3 aliphatic heterocycles. The molecule has 3 saturated heterocycles. The third-order valence-corrected chi connectivity index (χ3v) is 2.88. The summed E-state index contributed by atoms with van der Waals surface area (Å²) in [4.78, 5) is 0. The number of epoxide rings is 1. The van der Waals surface area contributed by atoms with Crippen LogP contribution in [0.15, 0.2) is 0 Å². The molecule has 5 heteroatoms. The minimum atomic E-state index is -0.495. The lowest BCUT2D eigenvalue weighted by Crippen LogP contribution is -2.33. The minimum absolute atomic E-state index is 0.0404. The molecule has 14 heavy (non-hydrogen) atoms. The molecule has 0 saturated carbocycles. The van der Waals surface area contributed by atoms with Gasteiger partial charge in [-0.25, -0.2) is 0 Å². The van der Waals surface area contributed by atoms with E-state index in [0.29, 0.717) is 19.8 Å². The van der Waals surface area contributed by atoms with Crippen molar-refractivity contribution in [2.75, 3.05) is 26.4 Å². The van der Waals surface area contributed by atoms with Crippen molar-refractivity contribution in [1.29, 1.82) is 0 Å². The highest BCUT2D eigenvalue weighted by molar-refractivity contribution is 4.95. The summed E-state index contributed by atoms with van der Waals surface area (Å²) in [5.41, 5.74) is 0. The quantitative estimate of drug-likeness (QED) is 0.590. The molecule has 80 valence electrons. The Balaban J connectivity index is 1.54. The number of rotatable bonds is 3. The normalized spacial score (nSPS) is 50.8. The lowest BCUT2D eigenvalue weighted by Gasteiger charge is -2.15. The Morgan fingerprint density at radius 3 is 2.64 bits per heavy atom. The summed E-state index contributed by atoms with van der Waals surface area (Å²) in [7, 11) is 0. The molecule has 3 aliphatic rings. The van der Waals surface area contributed by atoms with Crippen LogP contribution in [0.25, 0.3) is 0 Å². The van der Waals surface area contributed by atoms with Crippen LogP contribution in [0.2, 0.25) is 0 Å². The van der Waals surface area contributed by atoms with Crippen molar-refractivity contribution in [3.63, 3.8) is 0 Å². The largest absolute Gasteiger partial charge is 0.388 e. The second-order valence-electron chi connectivity index (χ2n) is 3.99. The van der Waals surface area contributed by atoms with Gasteiger partial charge in [-0.3, -0.25) is 0 Å². The average molecular weight is 202 g/mol. The number of ether oxygens (including phenoxy) is 4. The van der Waals surface area contributed by atoms with Crippen molar-refractivity contribution < 1.29 is 24.1 Å². The highest BCUT2D eigenvalue weighted by Gasteiger charge is 2.48. The van der Waals surface area contributed by atoms with E-state index < -0.39 is 6.10 Å². The molecule has 3 rings (SSSR count). The number of aliphatic hydroxyl groups excluding tert-OH is 1. The van der Waals surface area contributed by atoms with Crippen molar-refractivity contribution in [3.8, 4) is 0 Å². The highest BCUT2D eigenvalue weighted by atomic mass is 16.6. The van der Waals surface area contributed by atoms with Crippen LogP contribution in [0, 0.1) is 0 Å². The van der Waals surface area contributed by atoms with Gasteiger partial charge in [0.1, 0.15) is 30.5 Å². The van der Waals surface area contributed by atoms with E-state index >= 15 is 0 Å². The Kier molecular flexibility index (Phi) is 2.22. The molecule has 0 radical (unpaired) electrons.